The van der Waals surface area contributed by atoms with Gasteiger partial charge in [-0.05, 0) is 55.7 Å². The Bertz CT molecular complexity index is 845. The van der Waals surface area contributed by atoms with E-state index in [-0.39, 0.29) is 11.8 Å². The molecule has 5 heteroatoms. The van der Waals surface area contributed by atoms with Gasteiger partial charge < -0.3 is 15.0 Å². The number of rotatable bonds is 5. The van der Waals surface area contributed by atoms with E-state index >= 15 is 0 Å². The highest BCUT2D eigenvalue weighted by molar-refractivity contribution is 5.97. The van der Waals surface area contributed by atoms with Gasteiger partial charge in [-0.1, -0.05) is 17.7 Å². The van der Waals surface area contributed by atoms with Crippen molar-refractivity contribution < 1.29 is 14.3 Å². The van der Waals surface area contributed by atoms with Crippen LogP contribution in [0.4, 0.5) is 5.69 Å². The van der Waals surface area contributed by atoms with Gasteiger partial charge in [0.15, 0.2) is 0 Å². The molecule has 1 aliphatic rings. The second-order valence-electron chi connectivity index (χ2n) is 6.64. The summed E-state index contributed by atoms with van der Waals surface area (Å²) in [6.45, 7) is 7.14. The third-order valence-corrected chi connectivity index (χ3v) is 4.59. The monoisotopic (exact) mass is 352 g/mol. The van der Waals surface area contributed by atoms with Gasteiger partial charge in [-0.2, -0.15) is 0 Å². The molecule has 0 unspecified atom stereocenters. The maximum absolute atomic E-state index is 12.3. The molecule has 2 aromatic rings. The molecule has 2 aromatic carbocycles. The van der Waals surface area contributed by atoms with Crippen LogP contribution in [-0.4, -0.2) is 31.5 Å². The van der Waals surface area contributed by atoms with Gasteiger partial charge in [-0.3, -0.25) is 9.59 Å². The summed E-state index contributed by atoms with van der Waals surface area (Å²) in [6.07, 6.45) is 0.784. The van der Waals surface area contributed by atoms with Crippen molar-refractivity contribution in [1.82, 2.24) is 5.32 Å². The van der Waals surface area contributed by atoms with Crippen molar-refractivity contribution in [3.8, 4) is 5.75 Å². The Balaban J connectivity index is 1.53. The van der Waals surface area contributed by atoms with Crippen molar-refractivity contribution in [2.24, 2.45) is 0 Å². The molecule has 0 spiro atoms. The van der Waals surface area contributed by atoms with Crippen LogP contribution in [0, 0.1) is 13.8 Å². The number of aryl methyl sites for hydroxylation is 2. The summed E-state index contributed by atoms with van der Waals surface area (Å²) in [5.41, 5.74) is 4.85. The first-order valence-corrected chi connectivity index (χ1v) is 8.85. The molecule has 0 aromatic heterocycles. The molecular formula is C21H24N2O3. The number of amides is 2. The Morgan fingerprint density at radius 2 is 1.96 bits per heavy atom. The topological polar surface area (TPSA) is 58.6 Å². The van der Waals surface area contributed by atoms with E-state index in [2.05, 4.69) is 11.4 Å². The summed E-state index contributed by atoms with van der Waals surface area (Å²) < 4.78 is 5.73. The molecule has 0 saturated carbocycles. The third-order valence-electron chi connectivity index (χ3n) is 4.59. The quantitative estimate of drug-likeness (QED) is 0.842. The molecule has 0 bridgehead atoms. The molecule has 1 aliphatic heterocycles. The maximum atomic E-state index is 12.3. The van der Waals surface area contributed by atoms with Gasteiger partial charge in [-0.15, -0.1) is 0 Å². The normalized spacial score (nSPS) is 12.7. The lowest BCUT2D eigenvalue weighted by atomic mass is 10.1. The minimum absolute atomic E-state index is 0.0319. The van der Waals surface area contributed by atoms with Crippen molar-refractivity contribution >= 4 is 17.5 Å². The first-order valence-electron chi connectivity index (χ1n) is 8.85. The lowest BCUT2D eigenvalue weighted by Crippen LogP contribution is -2.28. The highest BCUT2D eigenvalue weighted by atomic mass is 16.5. The fourth-order valence-corrected chi connectivity index (χ4v) is 3.26. The largest absolute Gasteiger partial charge is 0.491 e. The molecule has 3 rings (SSSR count). The van der Waals surface area contributed by atoms with Gasteiger partial charge in [0.05, 0.1) is 6.54 Å². The number of benzene rings is 2. The fraction of sp³-hybridized carbons (Fsp3) is 0.333. The second-order valence-corrected chi connectivity index (χ2v) is 6.64. The Kier molecular flexibility index (Phi) is 5.26. The molecular weight excluding hydrogens is 328 g/mol. The van der Waals surface area contributed by atoms with E-state index in [0.717, 1.165) is 29.0 Å². The lowest BCUT2D eigenvalue weighted by molar-refractivity contribution is -0.116. The molecule has 0 aliphatic carbocycles. The molecule has 5 nitrogen and oxygen atoms in total. The van der Waals surface area contributed by atoms with E-state index < -0.39 is 0 Å². The number of hydrogen-bond acceptors (Lipinski definition) is 3. The van der Waals surface area contributed by atoms with E-state index in [1.165, 1.54) is 5.56 Å². The van der Waals surface area contributed by atoms with E-state index in [1.54, 1.807) is 17.9 Å². The number of nitrogens with one attached hydrogen (secondary N) is 1. The maximum Gasteiger partial charge on any atom is 0.251 e. The number of nitrogens with zero attached hydrogens (tertiary/aromatic N) is 1. The Hall–Kier alpha value is -2.82. The number of hydrogen-bond donors (Lipinski definition) is 1. The minimum Gasteiger partial charge on any atom is -0.491 e. The molecule has 1 heterocycles. The fourth-order valence-electron chi connectivity index (χ4n) is 3.26. The number of anilines is 1. The number of fused-ring (bicyclic) bond motifs is 1. The van der Waals surface area contributed by atoms with Crippen LogP contribution in [-0.2, 0) is 11.2 Å². The van der Waals surface area contributed by atoms with Crippen LogP contribution >= 0.6 is 0 Å². The van der Waals surface area contributed by atoms with E-state index in [9.17, 15) is 9.59 Å². The first kappa shape index (κ1) is 18.0. The van der Waals surface area contributed by atoms with Crippen molar-refractivity contribution in [3.63, 3.8) is 0 Å². The number of carbonyl (C=O) groups is 2. The van der Waals surface area contributed by atoms with Crippen LogP contribution in [0.3, 0.4) is 0 Å². The Labute approximate surface area is 154 Å². The third kappa shape index (κ3) is 3.87. The van der Waals surface area contributed by atoms with Crippen molar-refractivity contribution in [3.05, 3.63) is 58.7 Å². The van der Waals surface area contributed by atoms with E-state index in [0.29, 0.717) is 25.3 Å². The molecule has 0 radical (unpaired) electrons. The van der Waals surface area contributed by atoms with Crippen LogP contribution in [0.1, 0.15) is 34.0 Å². The Morgan fingerprint density at radius 3 is 2.69 bits per heavy atom. The zero-order chi connectivity index (χ0) is 18.7. The van der Waals surface area contributed by atoms with Gasteiger partial charge in [0, 0.05) is 24.7 Å². The van der Waals surface area contributed by atoms with Crippen LogP contribution in [0.2, 0.25) is 0 Å². The summed E-state index contributed by atoms with van der Waals surface area (Å²) in [4.78, 5) is 25.7. The van der Waals surface area contributed by atoms with Crippen LogP contribution in [0.5, 0.6) is 5.75 Å². The van der Waals surface area contributed by atoms with Gasteiger partial charge in [-0.25, -0.2) is 0 Å². The zero-order valence-electron chi connectivity index (χ0n) is 15.5. The van der Waals surface area contributed by atoms with Crippen molar-refractivity contribution in [2.45, 2.75) is 27.2 Å². The highest BCUT2D eigenvalue weighted by Gasteiger charge is 2.23. The molecule has 136 valence electrons. The summed E-state index contributed by atoms with van der Waals surface area (Å²) in [6, 6.07) is 11.5. The average Bonchev–Trinajstić information content (AvgIpc) is 3.03. The second kappa shape index (κ2) is 7.60. The molecule has 2 amide bonds. The first-order chi connectivity index (χ1) is 12.5. The molecule has 1 N–H and O–H groups in total. The number of ether oxygens (including phenoxy) is 1. The standard InChI is InChI=1S/C21H24N2O3/c1-14-4-7-20(15(2)12-14)26-11-9-22-21(25)18-5-6-19-17(13-18)8-10-23(19)16(3)24/h4-7,12-13H,8-11H2,1-3H3,(H,22,25). The van der Waals surface area contributed by atoms with Gasteiger partial charge in [0.25, 0.3) is 5.91 Å². The molecule has 0 saturated heterocycles. The van der Waals surface area contributed by atoms with E-state index in [1.807, 2.05) is 38.1 Å². The summed E-state index contributed by atoms with van der Waals surface area (Å²) in [7, 11) is 0. The van der Waals surface area contributed by atoms with Gasteiger partial charge >= 0.3 is 0 Å². The average molecular weight is 352 g/mol. The zero-order valence-corrected chi connectivity index (χ0v) is 15.5. The minimum atomic E-state index is -0.127. The van der Waals surface area contributed by atoms with Gasteiger partial charge in [0.2, 0.25) is 5.91 Å². The predicted molar refractivity (Wildman–Crippen MR) is 102 cm³/mol. The smallest absolute Gasteiger partial charge is 0.251 e. The number of carbonyl (C=O) groups excluding carboxylic acids is 2. The lowest BCUT2D eigenvalue weighted by Gasteiger charge is -2.15. The van der Waals surface area contributed by atoms with Gasteiger partial charge in [0.1, 0.15) is 12.4 Å². The van der Waals surface area contributed by atoms with Crippen LogP contribution < -0.4 is 15.0 Å². The van der Waals surface area contributed by atoms with Crippen molar-refractivity contribution in [1.29, 1.82) is 0 Å². The molecule has 26 heavy (non-hydrogen) atoms. The van der Waals surface area contributed by atoms with E-state index in [4.69, 9.17) is 4.74 Å². The molecule has 0 atom stereocenters. The highest BCUT2D eigenvalue weighted by Crippen LogP contribution is 2.28. The van der Waals surface area contributed by atoms with Crippen molar-refractivity contribution in [2.75, 3.05) is 24.6 Å². The Morgan fingerprint density at radius 1 is 1.15 bits per heavy atom. The summed E-state index contributed by atoms with van der Waals surface area (Å²) in [5.74, 6) is 0.745. The van der Waals surface area contributed by atoms with Crippen LogP contribution in [0.15, 0.2) is 36.4 Å². The SMILES string of the molecule is CC(=O)N1CCc2cc(C(=O)NCCOc3ccc(C)cc3C)ccc21. The van der Waals surface area contributed by atoms with Crippen LogP contribution in [0.25, 0.3) is 0 Å². The summed E-state index contributed by atoms with van der Waals surface area (Å²) in [5, 5.41) is 2.88. The predicted octanol–water partition coefficient (Wildman–Crippen LogP) is 3.02. The molecule has 0 fully saturated rings. The summed E-state index contributed by atoms with van der Waals surface area (Å²) >= 11 is 0.